The van der Waals surface area contributed by atoms with Crippen molar-refractivity contribution in [1.29, 1.82) is 0 Å². The molecule has 0 saturated heterocycles. The number of rotatable bonds is 22. The fourth-order valence-corrected chi connectivity index (χ4v) is 3.98. The molecule has 1 heteroatoms. The lowest BCUT2D eigenvalue weighted by Crippen LogP contribution is -1.96. The second-order valence-corrected chi connectivity index (χ2v) is 8.77. The van der Waals surface area contributed by atoms with Gasteiger partial charge in [-0.15, -0.1) is 0 Å². The van der Waals surface area contributed by atoms with Gasteiger partial charge >= 0.3 is 0 Å². The van der Waals surface area contributed by atoms with Gasteiger partial charge in [0.2, 0.25) is 0 Å². The Balaban J connectivity index is 3.03. The monoisotopic (exact) mass is 368 g/mol. The first-order chi connectivity index (χ1) is 12.8. The zero-order valence-electron chi connectivity index (χ0n) is 18.6. The van der Waals surface area contributed by atoms with Crippen molar-refractivity contribution in [2.45, 2.75) is 149 Å². The first-order valence-corrected chi connectivity index (χ1v) is 12.4. The van der Waals surface area contributed by atoms with Crippen molar-refractivity contribution in [3.63, 3.8) is 0 Å². The average Bonchev–Trinajstić information content (AvgIpc) is 2.65. The first-order valence-electron chi connectivity index (χ1n) is 12.4. The van der Waals surface area contributed by atoms with Gasteiger partial charge in [-0.05, 0) is 18.8 Å². The highest BCUT2D eigenvalue weighted by Crippen LogP contribution is 2.17. The number of hydrogen-bond donors (Lipinski definition) is 1. The number of aliphatic hydroxyl groups is 1. The van der Waals surface area contributed by atoms with E-state index in [1.54, 1.807) is 0 Å². The van der Waals surface area contributed by atoms with Crippen molar-refractivity contribution >= 4 is 0 Å². The molecule has 0 amide bonds. The van der Waals surface area contributed by atoms with Crippen LogP contribution >= 0.6 is 0 Å². The Morgan fingerprint density at radius 2 is 0.769 bits per heavy atom. The second-order valence-electron chi connectivity index (χ2n) is 8.77. The molecule has 0 fully saturated rings. The van der Waals surface area contributed by atoms with Crippen molar-refractivity contribution in [3.05, 3.63) is 0 Å². The van der Waals surface area contributed by atoms with Gasteiger partial charge in [0.05, 0.1) is 0 Å². The van der Waals surface area contributed by atoms with Gasteiger partial charge in [0.25, 0.3) is 0 Å². The van der Waals surface area contributed by atoms with E-state index in [4.69, 9.17) is 5.11 Å². The smallest absolute Gasteiger partial charge is 0.0431 e. The molecule has 1 N–H and O–H groups in total. The molecular formula is C25H52O. The van der Waals surface area contributed by atoms with Gasteiger partial charge in [0, 0.05) is 6.61 Å². The Labute approximate surface area is 166 Å². The lowest BCUT2D eigenvalue weighted by Gasteiger charge is -2.09. The molecule has 0 aromatic heterocycles. The Kier molecular flexibility index (Phi) is 23.0. The van der Waals surface area contributed by atoms with E-state index in [0.29, 0.717) is 6.61 Å². The third kappa shape index (κ3) is 22.0. The zero-order chi connectivity index (χ0) is 19.1. The molecule has 0 rings (SSSR count). The predicted molar refractivity (Wildman–Crippen MR) is 119 cm³/mol. The molecule has 1 unspecified atom stereocenters. The summed E-state index contributed by atoms with van der Waals surface area (Å²) in [5.74, 6) is 0.809. The van der Waals surface area contributed by atoms with Crippen molar-refractivity contribution < 1.29 is 5.11 Å². The van der Waals surface area contributed by atoms with Gasteiger partial charge in [0.1, 0.15) is 0 Å². The maximum atomic E-state index is 8.84. The fraction of sp³-hybridized carbons (Fsp3) is 1.00. The molecule has 0 aliphatic heterocycles. The summed E-state index contributed by atoms with van der Waals surface area (Å²) in [6, 6.07) is 0. The minimum absolute atomic E-state index is 0.365. The van der Waals surface area contributed by atoms with E-state index in [0.717, 1.165) is 12.3 Å². The van der Waals surface area contributed by atoms with Crippen LogP contribution in [-0.4, -0.2) is 11.7 Å². The molecule has 0 saturated carbocycles. The van der Waals surface area contributed by atoms with Crippen molar-refractivity contribution in [2.24, 2.45) is 5.92 Å². The van der Waals surface area contributed by atoms with E-state index in [1.807, 2.05) is 0 Å². The fourth-order valence-electron chi connectivity index (χ4n) is 3.98. The highest BCUT2D eigenvalue weighted by Gasteiger charge is 2.01. The highest BCUT2D eigenvalue weighted by molar-refractivity contribution is 4.55. The largest absolute Gasteiger partial charge is 0.396 e. The van der Waals surface area contributed by atoms with Gasteiger partial charge < -0.3 is 5.11 Å². The molecule has 0 heterocycles. The minimum atomic E-state index is 0.365. The van der Waals surface area contributed by atoms with Crippen LogP contribution in [0.5, 0.6) is 0 Å². The summed E-state index contributed by atoms with van der Waals surface area (Å²) in [4.78, 5) is 0. The van der Waals surface area contributed by atoms with Crippen LogP contribution in [-0.2, 0) is 0 Å². The highest BCUT2D eigenvalue weighted by atomic mass is 16.2. The number of aliphatic hydroxyl groups excluding tert-OH is 1. The van der Waals surface area contributed by atoms with E-state index < -0.39 is 0 Å². The van der Waals surface area contributed by atoms with Crippen LogP contribution < -0.4 is 0 Å². The SMILES string of the molecule is CCCCCCCCCCCCCCCCCCCCC(C)CCCO. The minimum Gasteiger partial charge on any atom is -0.396 e. The zero-order valence-corrected chi connectivity index (χ0v) is 18.6. The maximum absolute atomic E-state index is 8.84. The summed E-state index contributed by atoms with van der Waals surface area (Å²) >= 11 is 0. The summed E-state index contributed by atoms with van der Waals surface area (Å²) in [5, 5.41) is 8.84. The molecule has 0 radical (unpaired) electrons. The van der Waals surface area contributed by atoms with Gasteiger partial charge in [-0.2, -0.15) is 0 Å². The van der Waals surface area contributed by atoms with Crippen molar-refractivity contribution in [2.75, 3.05) is 6.61 Å². The summed E-state index contributed by atoms with van der Waals surface area (Å²) < 4.78 is 0. The Morgan fingerprint density at radius 3 is 1.12 bits per heavy atom. The molecule has 1 nitrogen and oxygen atoms in total. The van der Waals surface area contributed by atoms with E-state index in [2.05, 4.69) is 13.8 Å². The van der Waals surface area contributed by atoms with Crippen LogP contribution in [0.2, 0.25) is 0 Å². The van der Waals surface area contributed by atoms with E-state index in [1.165, 1.54) is 128 Å². The van der Waals surface area contributed by atoms with Crippen LogP contribution in [0.15, 0.2) is 0 Å². The Hall–Kier alpha value is -0.0400. The normalized spacial score (nSPS) is 12.6. The quantitative estimate of drug-likeness (QED) is 0.189. The number of hydrogen-bond acceptors (Lipinski definition) is 1. The molecule has 0 aliphatic carbocycles. The van der Waals surface area contributed by atoms with Crippen molar-refractivity contribution in [3.8, 4) is 0 Å². The van der Waals surface area contributed by atoms with Gasteiger partial charge in [0.15, 0.2) is 0 Å². The maximum Gasteiger partial charge on any atom is 0.0431 e. The Bertz CT molecular complexity index is 238. The topological polar surface area (TPSA) is 20.2 Å². The van der Waals surface area contributed by atoms with Crippen LogP contribution in [0.1, 0.15) is 149 Å². The molecule has 1 atom stereocenters. The second kappa shape index (κ2) is 23.0. The molecule has 0 aromatic carbocycles. The van der Waals surface area contributed by atoms with Crippen LogP contribution in [0.3, 0.4) is 0 Å². The van der Waals surface area contributed by atoms with Gasteiger partial charge in [-0.1, -0.05) is 136 Å². The summed E-state index contributed by atoms with van der Waals surface area (Å²) in [5.41, 5.74) is 0. The molecule has 0 aromatic rings. The van der Waals surface area contributed by atoms with E-state index >= 15 is 0 Å². The average molecular weight is 369 g/mol. The standard InChI is InChI=1S/C25H52O/c1-3-4-5-6-7-8-9-10-11-12-13-14-15-16-17-18-19-20-22-25(2)23-21-24-26/h25-26H,3-24H2,1-2H3. The molecule has 158 valence electrons. The lowest BCUT2D eigenvalue weighted by molar-refractivity contribution is 0.270. The molecule has 0 aliphatic rings. The summed E-state index contributed by atoms with van der Waals surface area (Å²) in [6.45, 7) is 5.00. The molecule has 0 bridgehead atoms. The van der Waals surface area contributed by atoms with Gasteiger partial charge in [-0.3, -0.25) is 0 Å². The predicted octanol–water partition coefficient (Wildman–Crippen LogP) is 8.83. The van der Waals surface area contributed by atoms with Crippen LogP contribution in [0.25, 0.3) is 0 Å². The first kappa shape index (κ1) is 26.0. The molecule has 26 heavy (non-hydrogen) atoms. The van der Waals surface area contributed by atoms with E-state index in [-0.39, 0.29) is 0 Å². The Morgan fingerprint density at radius 1 is 0.462 bits per heavy atom. The van der Waals surface area contributed by atoms with Crippen LogP contribution in [0.4, 0.5) is 0 Å². The van der Waals surface area contributed by atoms with Gasteiger partial charge in [-0.25, -0.2) is 0 Å². The third-order valence-corrected chi connectivity index (χ3v) is 5.91. The van der Waals surface area contributed by atoms with Crippen LogP contribution in [0, 0.1) is 5.92 Å². The lowest BCUT2D eigenvalue weighted by atomic mass is 9.97. The number of unbranched alkanes of at least 4 members (excludes halogenated alkanes) is 17. The van der Waals surface area contributed by atoms with E-state index in [9.17, 15) is 0 Å². The van der Waals surface area contributed by atoms with Crippen molar-refractivity contribution in [1.82, 2.24) is 0 Å². The third-order valence-electron chi connectivity index (χ3n) is 5.91. The molecule has 0 spiro atoms. The molecular weight excluding hydrogens is 316 g/mol. The summed E-state index contributed by atoms with van der Waals surface area (Å²) in [7, 11) is 0. The summed E-state index contributed by atoms with van der Waals surface area (Å²) in [6.07, 6.45) is 29.7.